The number of H-pyrrole nitrogens is 1. The van der Waals surface area contributed by atoms with E-state index in [1.165, 1.54) is 24.5 Å². The average Bonchev–Trinajstić information content (AvgIpc) is 3.55. The van der Waals surface area contributed by atoms with E-state index in [1.807, 2.05) is 0 Å². The number of nitrogens with one attached hydrogen (secondary N) is 4. The van der Waals surface area contributed by atoms with E-state index in [0.717, 1.165) is 12.8 Å². The number of aromatic amines is 1. The van der Waals surface area contributed by atoms with Gasteiger partial charge < -0.3 is 41.4 Å². The number of aliphatic hydroxyl groups excluding tert-OH is 1. The van der Waals surface area contributed by atoms with Crippen LogP contribution in [0, 0.1) is 18.2 Å². The second-order valence-electron chi connectivity index (χ2n) is 10.7. The van der Waals surface area contributed by atoms with Gasteiger partial charge in [-0.05, 0) is 31.9 Å². The van der Waals surface area contributed by atoms with Gasteiger partial charge in [0.05, 0.1) is 48.2 Å². The van der Waals surface area contributed by atoms with Crippen LogP contribution >= 0.6 is 0 Å². The molecule has 1 spiro atoms. The van der Waals surface area contributed by atoms with Gasteiger partial charge in [0.15, 0.2) is 5.75 Å². The minimum Gasteiger partial charge on any atom is -0.421 e. The van der Waals surface area contributed by atoms with Crippen LogP contribution in [-0.4, -0.2) is 87.2 Å². The number of carbonyl (C=O) groups excluding carboxylic acids is 2. The SMILES string of the molecule is CNc1cc(F)cc2c1[nH]c1nc(Oc3cnc(C)nc3)nc(N3CC(NC(=O)CNC(=O)[C@@H](N)CO)C4(CC4)C3)c12. The second-order valence-corrected chi connectivity index (χ2v) is 10.7. The smallest absolute Gasteiger partial charge is 0.326 e. The summed E-state index contributed by atoms with van der Waals surface area (Å²) >= 11 is 0. The van der Waals surface area contributed by atoms with Crippen molar-refractivity contribution >= 4 is 45.3 Å². The number of ether oxygens (including phenoxy) is 1. The number of anilines is 2. The molecule has 4 aromatic rings. The van der Waals surface area contributed by atoms with Crippen LogP contribution in [-0.2, 0) is 9.59 Å². The Morgan fingerprint density at radius 1 is 1.29 bits per heavy atom. The largest absolute Gasteiger partial charge is 0.421 e. The average molecular weight is 579 g/mol. The van der Waals surface area contributed by atoms with Crippen LogP contribution < -0.4 is 31.3 Å². The number of halogens is 1. The molecule has 2 amide bonds. The third kappa shape index (κ3) is 5.12. The first-order valence-electron chi connectivity index (χ1n) is 13.6. The van der Waals surface area contributed by atoms with E-state index < -0.39 is 24.4 Å². The number of hydrogen-bond acceptors (Lipinski definition) is 11. The van der Waals surface area contributed by atoms with Gasteiger partial charge in [-0.2, -0.15) is 9.97 Å². The minimum absolute atomic E-state index is 0.0586. The molecule has 4 heterocycles. The summed E-state index contributed by atoms with van der Waals surface area (Å²) in [6, 6.07) is 1.59. The maximum absolute atomic E-state index is 14.7. The molecule has 0 bridgehead atoms. The zero-order valence-corrected chi connectivity index (χ0v) is 23.1. The summed E-state index contributed by atoms with van der Waals surface area (Å²) < 4.78 is 20.6. The number of nitrogens with zero attached hydrogens (tertiary/aromatic N) is 5. The number of aromatic nitrogens is 5. The van der Waals surface area contributed by atoms with E-state index in [2.05, 4.69) is 40.8 Å². The Morgan fingerprint density at radius 2 is 2.05 bits per heavy atom. The Kier molecular flexibility index (Phi) is 6.98. The predicted molar refractivity (Wildman–Crippen MR) is 152 cm³/mol. The molecule has 7 N–H and O–H groups in total. The van der Waals surface area contributed by atoms with Crippen molar-refractivity contribution in [2.24, 2.45) is 11.1 Å². The van der Waals surface area contributed by atoms with E-state index in [0.29, 0.717) is 58.1 Å². The molecule has 2 aliphatic rings. The van der Waals surface area contributed by atoms with Crippen LogP contribution in [0.4, 0.5) is 15.9 Å². The molecule has 1 aromatic carbocycles. The summed E-state index contributed by atoms with van der Waals surface area (Å²) in [5.41, 5.74) is 7.04. The van der Waals surface area contributed by atoms with Crippen LogP contribution in [0.5, 0.6) is 11.8 Å². The molecule has 1 saturated carbocycles. The molecule has 220 valence electrons. The summed E-state index contributed by atoms with van der Waals surface area (Å²) in [5, 5.41) is 18.8. The monoisotopic (exact) mass is 578 g/mol. The summed E-state index contributed by atoms with van der Waals surface area (Å²) in [6.45, 7) is 2.01. The number of fused-ring (bicyclic) bond motifs is 3. The molecular formula is C27H31FN10O4. The lowest BCUT2D eigenvalue weighted by Crippen LogP contribution is -2.49. The molecule has 0 radical (unpaired) electrons. The van der Waals surface area contributed by atoms with Crippen LogP contribution in [0.1, 0.15) is 18.7 Å². The first-order valence-corrected chi connectivity index (χ1v) is 13.6. The molecule has 3 aromatic heterocycles. The number of nitrogens with two attached hydrogens (primary N) is 1. The Hall–Kier alpha value is -4.63. The Balaban J connectivity index is 1.34. The highest BCUT2D eigenvalue weighted by atomic mass is 19.1. The molecule has 1 saturated heterocycles. The topological polar surface area (TPSA) is 196 Å². The van der Waals surface area contributed by atoms with Crippen LogP contribution in [0.15, 0.2) is 24.5 Å². The van der Waals surface area contributed by atoms with E-state index in [1.54, 1.807) is 14.0 Å². The van der Waals surface area contributed by atoms with Crippen molar-refractivity contribution in [2.75, 3.05) is 43.5 Å². The molecule has 15 heteroatoms. The number of aliphatic hydroxyl groups is 1. The fraction of sp³-hybridized carbons (Fsp3) is 0.407. The van der Waals surface area contributed by atoms with Crippen molar-refractivity contribution in [3.63, 3.8) is 0 Å². The first-order chi connectivity index (χ1) is 20.2. The fourth-order valence-electron chi connectivity index (χ4n) is 5.46. The van der Waals surface area contributed by atoms with Gasteiger partial charge >= 0.3 is 6.01 Å². The highest BCUT2D eigenvalue weighted by molar-refractivity contribution is 6.14. The lowest BCUT2D eigenvalue weighted by molar-refractivity contribution is -0.127. The summed E-state index contributed by atoms with van der Waals surface area (Å²) in [4.78, 5) is 47.7. The zero-order chi connectivity index (χ0) is 29.6. The van der Waals surface area contributed by atoms with E-state index in [9.17, 15) is 14.0 Å². The van der Waals surface area contributed by atoms with E-state index in [4.69, 9.17) is 20.6 Å². The predicted octanol–water partition coefficient (Wildman–Crippen LogP) is 0.703. The maximum atomic E-state index is 14.7. The minimum atomic E-state index is -1.10. The highest BCUT2D eigenvalue weighted by Gasteiger charge is 2.56. The highest BCUT2D eigenvalue weighted by Crippen LogP contribution is 2.54. The van der Waals surface area contributed by atoms with Crippen LogP contribution in [0.2, 0.25) is 0 Å². The first kappa shape index (κ1) is 27.5. The van der Waals surface area contributed by atoms with E-state index >= 15 is 0 Å². The lowest BCUT2D eigenvalue weighted by atomic mass is 10.0. The van der Waals surface area contributed by atoms with Gasteiger partial charge in [0.1, 0.15) is 29.1 Å². The van der Waals surface area contributed by atoms with E-state index in [-0.39, 0.29) is 29.9 Å². The maximum Gasteiger partial charge on any atom is 0.326 e. The third-order valence-electron chi connectivity index (χ3n) is 7.85. The second kappa shape index (κ2) is 10.6. The summed E-state index contributed by atoms with van der Waals surface area (Å²) in [7, 11) is 1.71. The standard InChI is InChI=1S/C27H31FN10O4/c1-13-31-7-15(8-32-13)42-26-36-23-21(16-5-14(28)6-18(30-2)22(16)35-23)24(37-26)38-10-19(27(12-38)3-4-27)34-20(40)9-33-25(41)17(29)11-39/h5-8,17,19,30,39H,3-4,9-12,29H2,1-2H3,(H,33,41)(H,34,40)(H,35,36,37)/t17-,19?/m0/s1. The molecular weight excluding hydrogens is 547 g/mol. The molecule has 1 unspecified atom stereocenters. The normalized spacial score (nSPS) is 17.9. The van der Waals surface area contributed by atoms with Gasteiger partial charge in [-0.1, -0.05) is 0 Å². The van der Waals surface area contributed by atoms with Crippen molar-refractivity contribution in [2.45, 2.75) is 31.8 Å². The number of carbonyl (C=O) groups is 2. The molecule has 14 nitrogen and oxygen atoms in total. The van der Waals surface area contributed by atoms with Gasteiger partial charge in [-0.3, -0.25) is 9.59 Å². The van der Waals surface area contributed by atoms with Crippen molar-refractivity contribution in [3.05, 3.63) is 36.2 Å². The van der Waals surface area contributed by atoms with Gasteiger partial charge in [-0.15, -0.1) is 0 Å². The quantitative estimate of drug-likeness (QED) is 0.164. The van der Waals surface area contributed by atoms with Crippen molar-refractivity contribution < 1.29 is 23.8 Å². The van der Waals surface area contributed by atoms with Gasteiger partial charge in [0, 0.05) is 30.9 Å². The van der Waals surface area contributed by atoms with Crippen molar-refractivity contribution in [3.8, 4) is 11.8 Å². The lowest BCUT2D eigenvalue weighted by Gasteiger charge is -2.20. The summed E-state index contributed by atoms with van der Waals surface area (Å²) in [5.74, 6) is 0.0978. The zero-order valence-electron chi connectivity index (χ0n) is 23.1. The number of benzene rings is 1. The Labute approximate surface area is 239 Å². The number of amides is 2. The Morgan fingerprint density at radius 3 is 2.74 bits per heavy atom. The molecule has 42 heavy (non-hydrogen) atoms. The Bertz CT molecular complexity index is 1670. The molecule has 6 rings (SSSR count). The fourth-order valence-corrected chi connectivity index (χ4v) is 5.46. The van der Waals surface area contributed by atoms with Crippen molar-refractivity contribution in [1.29, 1.82) is 0 Å². The molecule has 2 atom stereocenters. The van der Waals surface area contributed by atoms with Crippen LogP contribution in [0.3, 0.4) is 0 Å². The molecule has 1 aliphatic heterocycles. The number of hydrogen-bond donors (Lipinski definition) is 6. The summed E-state index contributed by atoms with van der Waals surface area (Å²) in [6.07, 6.45) is 4.87. The molecule has 2 fully saturated rings. The van der Waals surface area contributed by atoms with Crippen LogP contribution in [0.25, 0.3) is 21.9 Å². The third-order valence-corrected chi connectivity index (χ3v) is 7.85. The van der Waals surface area contributed by atoms with Gasteiger partial charge in [-0.25, -0.2) is 14.4 Å². The molecule has 1 aliphatic carbocycles. The van der Waals surface area contributed by atoms with Gasteiger partial charge in [0.2, 0.25) is 11.8 Å². The van der Waals surface area contributed by atoms with Gasteiger partial charge in [0.25, 0.3) is 0 Å². The number of rotatable bonds is 9. The number of aryl methyl sites for hydroxylation is 1. The van der Waals surface area contributed by atoms with Crippen molar-refractivity contribution in [1.82, 2.24) is 35.6 Å².